The molecule has 5 atom stereocenters. The molecule has 0 spiro atoms. The van der Waals surface area contributed by atoms with Crippen molar-refractivity contribution in [1.29, 1.82) is 0 Å². The number of fused-ring (bicyclic) bond motifs is 1. The summed E-state index contributed by atoms with van der Waals surface area (Å²) in [6.07, 6.45) is 15.6. The molecular weight excluding hydrogens is 326 g/mol. The first-order valence-electron chi connectivity index (χ1n) is 10.9. The van der Waals surface area contributed by atoms with E-state index in [1.807, 2.05) is 6.92 Å². The van der Waals surface area contributed by atoms with Crippen molar-refractivity contribution in [2.45, 2.75) is 90.5 Å². The number of quaternary nitrogens is 1. The average Bonchev–Trinajstić information content (AvgIpc) is 2.77. The van der Waals surface area contributed by atoms with Gasteiger partial charge in [-0.25, -0.2) is 9.59 Å². The van der Waals surface area contributed by atoms with Gasteiger partial charge in [0.05, 0.1) is 20.2 Å². The minimum absolute atomic E-state index is 0.251. The molecule has 0 radical (unpaired) electrons. The Morgan fingerprint density at radius 3 is 2.15 bits per heavy atom. The zero-order valence-electron chi connectivity index (χ0n) is 17.3. The van der Waals surface area contributed by atoms with Crippen molar-refractivity contribution in [2.24, 2.45) is 17.8 Å². The van der Waals surface area contributed by atoms with Crippen LogP contribution in [0.4, 0.5) is 0 Å². The first-order valence-corrected chi connectivity index (χ1v) is 10.9. The summed E-state index contributed by atoms with van der Waals surface area (Å²) in [5, 5.41) is 0. The molecule has 2 rings (SSSR count). The summed E-state index contributed by atoms with van der Waals surface area (Å²) in [5.74, 6) is 1.61. The first-order chi connectivity index (χ1) is 12.5. The van der Waals surface area contributed by atoms with Gasteiger partial charge in [-0.15, -0.1) is 0 Å². The van der Waals surface area contributed by atoms with Crippen LogP contribution >= 0.6 is 0 Å². The number of amides is 1. The Hall–Kier alpha value is -0.900. The number of likely N-dealkylation sites (tertiary alicyclic amines) is 1. The monoisotopic (exact) mass is 366 g/mol. The van der Waals surface area contributed by atoms with Crippen molar-refractivity contribution in [2.75, 3.05) is 20.2 Å². The van der Waals surface area contributed by atoms with Crippen molar-refractivity contribution in [3.05, 3.63) is 0 Å². The Morgan fingerprint density at radius 2 is 1.58 bits per heavy atom. The predicted molar refractivity (Wildman–Crippen MR) is 104 cm³/mol. The molecule has 0 aromatic heterocycles. The second-order valence-corrected chi connectivity index (χ2v) is 8.91. The maximum absolute atomic E-state index is 12.2. The molecule has 0 unspecified atom stereocenters. The lowest BCUT2D eigenvalue weighted by atomic mass is 9.76. The number of ether oxygens (including phenoxy) is 1. The summed E-state index contributed by atoms with van der Waals surface area (Å²) in [4.78, 5) is 24.3. The van der Waals surface area contributed by atoms with Gasteiger partial charge in [-0.1, -0.05) is 58.3 Å². The molecule has 0 N–H and O–H groups in total. The van der Waals surface area contributed by atoms with E-state index in [2.05, 4.69) is 6.92 Å². The Bertz CT molecular complexity index is 453. The third kappa shape index (κ3) is 5.31. The highest BCUT2D eigenvalue weighted by atomic mass is 16.5. The Kier molecular flexibility index (Phi) is 8.59. The summed E-state index contributed by atoms with van der Waals surface area (Å²) in [6, 6.07) is -0.401. The van der Waals surface area contributed by atoms with Gasteiger partial charge in [-0.2, -0.15) is 0 Å². The van der Waals surface area contributed by atoms with Crippen LogP contribution in [0.3, 0.4) is 0 Å². The number of methoxy groups -OCH3 is 1. The first kappa shape index (κ1) is 21.4. The van der Waals surface area contributed by atoms with Crippen LogP contribution in [-0.2, 0) is 14.3 Å². The second-order valence-electron chi connectivity index (χ2n) is 8.91. The van der Waals surface area contributed by atoms with Crippen molar-refractivity contribution in [3.63, 3.8) is 0 Å². The number of rotatable bonds is 3. The zero-order valence-corrected chi connectivity index (χ0v) is 17.3. The standard InChI is InChI=1S/C22H40NO3/c1-18-16-23(17-24,19(2)22(25)26-3)15-14-20-12-10-8-6-4-5-7-9-11-13-21(18)20/h17-21H,4-16H2,1-3H3/q+1/t18-,19-,20+,21-,23-/m0/s1. The Morgan fingerprint density at radius 1 is 1.00 bits per heavy atom. The Labute approximate surface area is 160 Å². The smallest absolute Gasteiger partial charge is 0.364 e. The summed E-state index contributed by atoms with van der Waals surface area (Å²) in [5.41, 5.74) is 0. The molecule has 4 nitrogen and oxygen atoms in total. The summed E-state index contributed by atoms with van der Waals surface area (Å²) >= 11 is 0. The molecule has 1 amide bonds. The summed E-state index contributed by atoms with van der Waals surface area (Å²) < 4.78 is 5.23. The summed E-state index contributed by atoms with van der Waals surface area (Å²) in [6.45, 7) is 5.74. The number of hydrogen-bond donors (Lipinski definition) is 0. The van der Waals surface area contributed by atoms with Crippen LogP contribution in [0.1, 0.15) is 84.5 Å². The van der Waals surface area contributed by atoms with Gasteiger partial charge in [0, 0.05) is 12.3 Å². The van der Waals surface area contributed by atoms with Crippen molar-refractivity contribution in [3.8, 4) is 0 Å². The lowest BCUT2D eigenvalue weighted by Crippen LogP contribution is -2.58. The van der Waals surface area contributed by atoms with Gasteiger partial charge in [-0.3, -0.25) is 4.48 Å². The van der Waals surface area contributed by atoms with E-state index >= 15 is 0 Å². The molecule has 0 aromatic rings. The largest absolute Gasteiger partial charge is 0.465 e. The van der Waals surface area contributed by atoms with Gasteiger partial charge in [-0.05, 0) is 31.6 Å². The number of hydrogen-bond acceptors (Lipinski definition) is 3. The molecule has 0 bridgehead atoms. The number of carbonyl (C=O) groups excluding carboxylic acids is 2. The lowest BCUT2D eigenvalue weighted by Gasteiger charge is -2.37. The van der Waals surface area contributed by atoms with Crippen LogP contribution in [0, 0.1) is 17.8 Å². The van der Waals surface area contributed by atoms with E-state index in [4.69, 9.17) is 4.74 Å². The highest BCUT2D eigenvalue weighted by Gasteiger charge is 2.45. The minimum atomic E-state index is -0.401. The van der Waals surface area contributed by atoms with Crippen LogP contribution in [0.15, 0.2) is 0 Å². The number of nitrogens with zero attached hydrogens (tertiary/aromatic N) is 1. The highest BCUT2D eigenvalue weighted by molar-refractivity contribution is 5.75. The van der Waals surface area contributed by atoms with E-state index < -0.39 is 6.04 Å². The topological polar surface area (TPSA) is 43.4 Å². The average molecular weight is 367 g/mol. The fourth-order valence-corrected chi connectivity index (χ4v) is 5.49. The lowest BCUT2D eigenvalue weighted by molar-refractivity contribution is -0.863. The van der Waals surface area contributed by atoms with Crippen molar-refractivity contribution < 1.29 is 18.8 Å². The zero-order chi connectivity index (χ0) is 19.0. The minimum Gasteiger partial charge on any atom is -0.465 e. The molecule has 150 valence electrons. The van der Waals surface area contributed by atoms with Gasteiger partial charge < -0.3 is 4.74 Å². The van der Waals surface area contributed by atoms with E-state index in [0.717, 1.165) is 25.9 Å². The molecule has 26 heavy (non-hydrogen) atoms. The fraction of sp³-hybridized carbons (Fsp3) is 0.909. The predicted octanol–water partition coefficient (Wildman–Crippen LogP) is 4.71. The van der Waals surface area contributed by atoms with Crippen LogP contribution in [-0.4, -0.2) is 43.1 Å². The van der Waals surface area contributed by atoms with E-state index in [9.17, 15) is 9.59 Å². The maximum atomic E-state index is 12.2. The summed E-state index contributed by atoms with van der Waals surface area (Å²) in [7, 11) is 1.43. The molecule has 2 aliphatic rings. The molecule has 0 aromatic carbocycles. The molecule has 1 aliphatic carbocycles. The molecule has 1 heterocycles. The normalized spacial score (nSPS) is 35.7. The van der Waals surface area contributed by atoms with Crippen LogP contribution in [0.2, 0.25) is 0 Å². The molecule has 4 heteroatoms. The third-order valence-corrected chi connectivity index (χ3v) is 7.27. The quantitative estimate of drug-likeness (QED) is 0.413. The van der Waals surface area contributed by atoms with Crippen molar-refractivity contribution in [1.82, 2.24) is 0 Å². The van der Waals surface area contributed by atoms with Gasteiger partial charge in [0.2, 0.25) is 0 Å². The number of carbonyl (C=O) groups is 2. The number of esters is 1. The molecule has 1 aliphatic heterocycles. The fourth-order valence-electron chi connectivity index (χ4n) is 5.49. The van der Waals surface area contributed by atoms with Gasteiger partial charge in [0.15, 0.2) is 6.04 Å². The van der Waals surface area contributed by atoms with Crippen LogP contribution in [0.25, 0.3) is 0 Å². The SMILES string of the molecule is COC(=O)[C@H](C)[N@@+]1(C=O)CC[C@H]2CCCCCCCCCC[C@H]2[C@@H](C)C1. The Balaban J connectivity index is 2.16. The molecule has 1 saturated carbocycles. The molecule has 1 saturated heterocycles. The molecule has 2 fully saturated rings. The van der Waals surface area contributed by atoms with Gasteiger partial charge in [0.1, 0.15) is 0 Å². The van der Waals surface area contributed by atoms with Crippen LogP contribution in [0.5, 0.6) is 0 Å². The highest BCUT2D eigenvalue weighted by Crippen LogP contribution is 2.39. The van der Waals surface area contributed by atoms with E-state index in [0.29, 0.717) is 17.8 Å². The van der Waals surface area contributed by atoms with Gasteiger partial charge in [0.25, 0.3) is 0 Å². The maximum Gasteiger partial charge on any atom is 0.364 e. The third-order valence-electron chi connectivity index (χ3n) is 7.27. The van der Waals surface area contributed by atoms with E-state index in [1.54, 1.807) is 0 Å². The van der Waals surface area contributed by atoms with Crippen LogP contribution < -0.4 is 0 Å². The van der Waals surface area contributed by atoms with Crippen molar-refractivity contribution >= 4 is 12.4 Å². The van der Waals surface area contributed by atoms with E-state index in [1.165, 1.54) is 71.3 Å². The van der Waals surface area contributed by atoms with Gasteiger partial charge >= 0.3 is 12.4 Å². The molecular formula is C22H40NO3+. The van der Waals surface area contributed by atoms with E-state index in [-0.39, 0.29) is 10.5 Å². The second kappa shape index (κ2) is 10.4.